The van der Waals surface area contributed by atoms with Crippen molar-refractivity contribution in [1.82, 2.24) is 10.2 Å². The third-order valence-electron chi connectivity index (χ3n) is 4.63. The van der Waals surface area contributed by atoms with Crippen molar-refractivity contribution < 1.29 is 9.15 Å². The van der Waals surface area contributed by atoms with Crippen LogP contribution in [-0.2, 0) is 6.42 Å². The van der Waals surface area contributed by atoms with Gasteiger partial charge in [0.15, 0.2) is 0 Å². The molecule has 0 unspecified atom stereocenters. The summed E-state index contributed by atoms with van der Waals surface area (Å²) in [6.07, 6.45) is 1.68. The molecule has 0 spiro atoms. The van der Waals surface area contributed by atoms with E-state index in [9.17, 15) is 5.26 Å². The topological polar surface area (TPSA) is 101 Å². The Kier molecular flexibility index (Phi) is 4.80. The number of furan rings is 1. The van der Waals surface area contributed by atoms with E-state index < -0.39 is 5.92 Å². The van der Waals surface area contributed by atoms with Gasteiger partial charge in [0.1, 0.15) is 23.2 Å². The largest absolute Gasteiger partial charge is 0.460 e. The average molecular weight is 415 g/mol. The fourth-order valence-electron chi connectivity index (χ4n) is 3.35. The maximum Gasteiger partial charge on any atom is 0.244 e. The molecule has 1 atom stereocenters. The first kappa shape index (κ1) is 18.5. The summed E-state index contributed by atoms with van der Waals surface area (Å²) in [5.41, 5.74) is 8.73. The number of nitrogens with one attached hydrogen (secondary N) is 1. The SMILES string of the molecule is CCCc1[nH]nc2c1[C@H](c1ccc(-c3ccc(Cl)c(Cl)c3)o1)C(C#N)=C(N)O2. The van der Waals surface area contributed by atoms with E-state index in [1.54, 1.807) is 12.1 Å². The Balaban J connectivity index is 1.82. The minimum Gasteiger partial charge on any atom is -0.460 e. The van der Waals surface area contributed by atoms with Gasteiger partial charge in [0.2, 0.25) is 11.8 Å². The Hall–Kier alpha value is -2.88. The van der Waals surface area contributed by atoms with Crippen molar-refractivity contribution in [2.24, 2.45) is 5.73 Å². The van der Waals surface area contributed by atoms with Gasteiger partial charge >= 0.3 is 0 Å². The molecule has 0 radical (unpaired) electrons. The Morgan fingerprint density at radius 3 is 2.79 bits per heavy atom. The number of nitrogens with two attached hydrogens (primary N) is 1. The lowest BCUT2D eigenvalue weighted by Gasteiger charge is -2.22. The van der Waals surface area contributed by atoms with Gasteiger partial charge in [-0.15, -0.1) is 5.10 Å². The number of benzene rings is 1. The van der Waals surface area contributed by atoms with E-state index in [1.165, 1.54) is 0 Å². The number of aromatic amines is 1. The van der Waals surface area contributed by atoms with Crippen LogP contribution in [0.2, 0.25) is 10.0 Å². The van der Waals surface area contributed by atoms with Gasteiger partial charge in [0.25, 0.3) is 0 Å². The second-order valence-corrected chi connectivity index (χ2v) is 7.24. The van der Waals surface area contributed by atoms with Gasteiger partial charge in [-0.2, -0.15) is 5.26 Å². The predicted octanol–water partition coefficient (Wildman–Crippen LogP) is 5.15. The molecular weight excluding hydrogens is 399 g/mol. The average Bonchev–Trinajstić information content (AvgIpc) is 3.31. The Labute approximate surface area is 171 Å². The van der Waals surface area contributed by atoms with Crippen molar-refractivity contribution in [3.8, 4) is 23.3 Å². The highest BCUT2D eigenvalue weighted by Crippen LogP contribution is 2.44. The van der Waals surface area contributed by atoms with Crippen LogP contribution in [-0.4, -0.2) is 10.2 Å². The molecule has 0 amide bonds. The third kappa shape index (κ3) is 3.03. The molecular formula is C20H16Cl2N4O2. The summed E-state index contributed by atoms with van der Waals surface area (Å²) in [7, 11) is 0. The lowest BCUT2D eigenvalue weighted by atomic mass is 9.87. The van der Waals surface area contributed by atoms with Crippen molar-refractivity contribution in [1.29, 1.82) is 5.26 Å². The van der Waals surface area contributed by atoms with E-state index in [0.717, 1.165) is 29.7 Å². The molecule has 4 rings (SSSR count). The number of aromatic nitrogens is 2. The van der Waals surface area contributed by atoms with Crippen molar-refractivity contribution in [3.63, 3.8) is 0 Å². The van der Waals surface area contributed by atoms with E-state index in [4.69, 9.17) is 38.1 Å². The smallest absolute Gasteiger partial charge is 0.244 e. The summed E-state index contributed by atoms with van der Waals surface area (Å²) in [6, 6.07) is 11.1. The lowest BCUT2D eigenvalue weighted by molar-refractivity contribution is 0.371. The highest BCUT2D eigenvalue weighted by atomic mass is 35.5. The molecule has 2 aromatic heterocycles. The molecule has 0 aliphatic carbocycles. The van der Waals surface area contributed by atoms with E-state index in [-0.39, 0.29) is 5.88 Å². The number of fused-ring (bicyclic) bond motifs is 1. The van der Waals surface area contributed by atoms with E-state index in [2.05, 4.69) is 23.2 Å². The van der Waals surface area contributed by atoms with Crippen molar-refractivity contribution in [2.45, 2.75) is 25.7 Å². The van der Waals surface area contributed by atoms with Gasteiger partial charge in [-0.25, -0.2) is 0 Å². The zero-order valence-electron chi connectivity index (χ0n) is 14.9. The lowest BCUT2D eigenvalue weighted by Crippen LogP contribution is -2.21. The molecule has 0 saturated carbocycles. The highest BCUT2D eigenvalue weighted by molar-refractivity contribution is 6.42. The third-order valence-corrected chi connectivity index (χ3v) is 5.37. The van der Waals surface area contributed by atoms with Crippen molar-refractivity contribution in [3.05, 3.63) is 68.9 Å². The first-order valence-corrected chi connectivity index (χ1v) is 9.49. The van der Waals surface area contributed by atoms with Crippen LogP contribution >= 0.6 is 23.2 Å². The molecule has 28 heavy (non-hydrogen) atoms. The van der Waals surface area contributed by atoms with E-state index in [1.807, 2.05) is 18.2 Å². The number of nitriles is 1. The van der Waals surface area contributed by atoms with Crippen LogP contribution in [0.3, 0.4) is 0 Å². The minimum atomic E-state index is -0.495. The normalized spacial score (nSPS) is 15.9. The van der Waals surface area contributed by atoms with E-state index in [0.29, 0.717) is 33.0 Å². The summed E-state index contributed by atoms with van der Waals surface area (Å²) < 4.78 is 11.7. The number of H-pyrrole nitrogens is 1. The van der Waals surface area contributed by atoms with Gasteiger partial charge < -0.3 is 14.9 Å². The second kappa shape index (κ2) is 7.27. The predicted molar refractivity (Wildman–Crippen MR) is 106 cm³/mol. The van der Waals surface area contributed by atoms with Crippen LogP contribution in [0, 0.1) is 11.3 Å². The number of ether oxygens (including phenoxy) is 1. The van der Waals surface area contributed by atoms with E-state index >= 15 is 0 Å². The number of halogens is 2. The molecule has 0 bridgehead atoms. The number of hydrogen-bond donors (Lipinski definition) is 2. The number of nitrogens with zero attached hydrogens (tertiary/aromatic N) is 2. The summed E-state index contributed by atoms with van der Waals surface area (Å²) in [5, 5.41) is 17.8. The molecule has 0 saturated heterocycles. The Bertz CT molecular complexity index is 1120. The van der Waals surface area contributed by atoms with Crippen LogP contribution < -0.4 is 10.5 Å². The number of aryl methyl sites for hydroxylation is 1. The standard InChI is InChI=1S/C20H16Cl2N4O2/c1-2-3-14-18-17(11(9-23)19(24)28-20(18)26-25-14)16-7-6-15(27-16)10-4-5-12(21)13(22)8-10/h4-8,17H,2-3,24H2,1H3,(H,25,26)/t17-/m0/s1. The molecule has 0 fully saturated rings. The maximum absolute atomic E-state index is 9.70. The Morgan fingerprint density at radius 1 is 1.25 bits per heavy atom. The maximum atomic E-state index is 9.70. The van der Waals surface area contributed by atoms with Crippen LogP contribution in [0.15, 0.2) is 46.2 Å². The van der Waals surface area contributed by atoms with Crippen LogP contribution in [0.5, 0.6) is 5.88 Å². The zero-order valence-corrected chi connectivity index (χ0v) is 16.4. The van der Waals surface area contributed by atoms with Crippen LogP contribution in [0.25, 0.3) is 11.3 Å². The van der Waals surface area contributed by atoms with Crippen molar-refractivity contribution in [2.75, 3.05) is 0 Å². The highest BCUT2D eigenvalue weighted by Gasteiger charge is 2.37. The van der Waals surface area contributed by atoms with Gasteiger partial charge in [-0.1, -0.05) is 36.5 Å². The Morgan fingerprint density at radius 2 is 2.07 bits per heavy atom. The van der Waals surface area contributed by atoms with Gasteiger partial charge in [-0.3, -0.25) is 5.10 Å². The monoisotopic (exact) mass is 414 g/mol. The first-order chi connectivity index (χ1) is 13.5. The van der Waals surface area contributed by atoms with Crippen molar-refractivity contribution >= 4 is 23.2 Å². The summed E-state index contributed by atoms with van der Waals surface area (Å²) >= 11 is 12.1. The second-order valence-electron chi connectivity index (χ2n) is 6.43. The minimum absolute atomic E-state index is 0.0297. The molecule has 3 N–H and O–H groups in total. The van der Waals surface area contributed by atoms with Gasteiger partial charge in [0.05, 0.1) is 21.5 Å². The van der Waals surface area contributed by atoms with Gasteiger partial charge in [-0.05, 0) is 36.8 Å². The number of rotatable bonds is 4. The number of hydrogen-bond acceptors (Lipinski definition) is 5. The fraction of sp³-hybridized carbons (Fsp3) is 0.200. The molecule has 3 aromatic rings. The number of allylic oxidation sites excluding steroid dienone is 1. The summed E-state index contributed by atoms with van der Waals surface area (Å²) in [4.78, 5) is 0. The molecule has 8 heteroatoms. The molecule has 1 aliphatic rings. The molecule has 6 nitrogen and oxygen atoms in total. The quantitative estimate of drug-likeness (QED) is 0.614. The molecule has 1 aliphatic heterocycles. The van der Waals surface area contributed by atoms with Gasteiger partial charge in [0, 0.05) is 11.3 Å². The fourth-order valence-corrected chi connectivity index (χ4v) is 3.64. The van der Waals surface area contributed by atoms with Crippen LogP contribution in [0.1, 0.15) is 36.3 Å². The summed E-state index contributed by atoms with van der Waals surface area (Å²) in [5.74, 6) is 1.09. The first-order valence-electron chi connectivity index (χ1n) is 8.73. The molecule has 1 aromatic carbocycles. The summed E-state index contributed by atoms with van der Waals surface area (Å²) in [6.45, 7) is 2.07. The molecule has 3 heterocycles. The van der Waals surface area contributed by atoms with Crippen LogP contribution in [0.4, 0.5) is 0 Å². The zero-order chi connectivity index (χ0) is 19.8. The molecule has 142 valence electrons.